The highest BCUT2D eigenvalue weighted by Crippen LogP contribution is 2.30. The number of hydrogen-bond acceptors (Lipinski definition) is 4. The second-order valence-corrected chi connectivity index (χ2v) is 4.68. The Morgan fingerprint density at radius 1 is 1.56 bits per heavy atom. The van der Waals surface area contributed by atoms with Gasteiger partial charge in [0.15, 0.2) is 5.13 Å². The lowest BCUT2D eigenvalue weighted by molar-refractivity contribution is -0.115. The van der Waals surface area contributed by atoms with Crippen LogP contribution in [-0.4, -0.2) is 24.0 Å². The van der Waals surface area contributed by atoms with Crippen LogP contribution in [0.2, 0.25) is 0 Å². The molecule has 0 atom stereocenters. The van der Waals surface area contributed by atoms with Gasteiger partial charge in [-0.3, -0.25) is 10.1 Å². The number of anilines is 1. The molecule has 0 fully saturated rings. The molecule has 1 aliphatic carbocycles. The maximum atomic E-state index is 11.4. The number of amides is 1. The molecule has 2 N–H and O–H groups in total. The van der Waals surface area contributed by atoms with Gasteiger partial charge in [-0.25, -0.2) is 4.98 Å². The number of nitrogens with zero attached hydrogens (tertiary/aromatic N) is 1. The Balaban J connectivity index is 1.84. The molecule has 0 radical (unpaired) electrons. The molecule has 2 rings (SSSR count). The van der Waals surface area contributed by atoms with Crippen LogP contribution >= 0.6 is 11.3 Å². The van der Waals surface area contributed by atoms with Crippen molar-refractivity contribution in [2.24, 2.45) is 0 Å². The lowest BCUT2D eigenvalue weighted by atomic mass is 10.4. The molecule has 0 saturated heterocycles. The highest BCUT2D eigenvalue weighted by molar-refractivity contribution is 7.15. The predicted molar refractivity (Wildman–Crippen MR) is 64.5 cm³/mol. The Morgan fingerprint density at radius 3 is 3.19 bits per heavy atom. The van der Waals surface area contributed by atoms with Crippen LogP contribution in [0.3, 0.4) is 0 Å². The molecule has 1 amide bonds. The summed E-state index contributed by atoms with van der Waals surface area (Å²) in [4.78, 5) is 17.1. The Kier molecular flexibility index (Phi) is 3.54. The third kappa shape index (κ3) is 2.60. The molecule has 0 aliphatic heterocycles. The molecule has 0 unspecified atom stereocenters. The maximum Gasteiger partial charge on any atom is 0.240 e. The number of aromatic nitrogens is 1. The van der Waals surface area contributed by atoms with Crippen LogP contribution in [0, 0.1) is 12.3 Å². The van der Waals surface area contributed by atoms with Crippen LogP contribution < -0.4 is 10.6 Å². The number of terminal acetylenes is 1. The summed E-state index contributed by atoms with van der Waals surface area (Å²) in [5, 5.41) is 6.31. The van der Waals surface area contributed by atoms with Crippen LogP contribution in [0.15, 0.2) is 0 Å². The minimum absolute atomic E-state index is 0.0947. The zero-order valence-corrected chi connectivity index (χ0v) is 9.69. The third-order valence-electron chi connectivity index (χ3n) is 2.35. The van der Waals surface area contributed by atoms with E-state index in [0.717, 1.165) is 18.5 Å². The van der Waals surface area contributed by atoms with Crippen molar-refractivity contribution in [3.63, 3.8) is 0 Å². The molecule has 1 aromatic heterocycles. The largest absolute Gasteiger partial charge is 0.301 e. The summed E-state index contributed by atoms with van der Waals surface area (Å²) in [7, 11) is 0. The van der Waals surface area contributed by atoms with Gasteiger partial charge in [0.25, 0.3) is 0 Å². The van der Waals surface area contributed by atoms with E-state index in [1.807, 2.05) is 0 Å². The average molecular weight is 235 g/mol. The average Bonchev–Trinajstić information content (AvgIpc) is 2.78. The lowest BCUT2D eigenvalue weighted by Gasteiger charge is -2.01. The monoisotopic (exact) mass is 235 g/mol. The summed E-state index contributed by atoms with van der Waals surface area (Å²) in [6.07, 6.45) is 8.38. The number of thiazole rings is 1. The maximum absolute atomic E-state index is 11.4. The normalized spacial score (nSPS) is 13.2. The van der Waals surface area contributed by atoms with Crippen molar-refractivity contribution in [1.29, 1.82) is 0 Å². The molecule has 0 spiro atoms. The van der Waals surface area contributed by atoms with E-state index < -0.39 is 0 Å². The number of hydrogen-bond donors (Lipinski definition) is 2. The number of carbonyl (C=O) groups excluding carboxylic acids is 1. The van der Waals surface area contributed by atoms with Gasteiger partial charge >= 0.3 is 0 Å². The van der Waals surface area contributed by atoms with E-state index in [2.05, 4.69) is 21.5 Å². The molecule has 5 heteroatoms. The second kappa shape index (κ2) is 5.10. The van der Waals surface area contributed by atoms with Gasteiger partial charge in [0.1, 0.15) is 0 Å². The van der Waals surface area contributed by atoms with E-state index in [-0.39, 0.29) is 12.5 Å². The van der Waals surface area contributed by atoms with Crippen LogP contribution in [0.25, 0.3) is 0 Å². The summed E-state index contributed by atoms with van der Waals surface area (Å²) >= 11 is 1.58. The first-order valence-corrected chi connectivity index (χ1v) is 6.04. The summed E-state index contributed by atoms with van der Waals surface area (Å²) in [6, 6.07) is 0. The van der Waals surface area contributed by atoms with Gasteiger partial charge in [0.05, 0.1) is 18.8 Å². The minimum Gasteiger partial charge on any atom is -0.301 e. The van der Waals surface area contributed by atoms with E-state index in [4.69, 9.17) is 6.42 Å². The van der Waals surface area contributed by atoms with E-state index in [1.165, 1.54) is 11.3 Å². The van der Waals surface area contributed by atoms with E-state index in [1.54, 1.807) is 11.3 Å². The Bertz CT molecular complexity index is 411. The van der Waals surface area contributed by atoms with E-state index >= 15 is 0 Å². The first-order chi connectivity index (χ1) is 7.79. The van der Waals surface area contributed by atoms with Crippen molar-refractivity contribution < 1.29 is 4.79 Å². The van der Waals surface area contributed by atoms with Gasteiger partial charge < -0.3 is 5.32 Å². The smallest absolute Gasteiger partial charge is 0.240 e. The molecule has 0 aromatic carbocycles. The molecule has 1 aromatic rings. The zero-order chi connectivity index (χ0) is 11.4. The molecule has 0 bridgehead atoms. The Morgan fingerprint density at radius 2 is 2.44 bits per heavy atom. The standard InChI is InChI=1S/C11H13N3OS/c1-2-6-12-7-10(15)14-11-13-8-4-3-5-9(8)16-11/h1,12H,3-7H2,(H,13,14,15). The van der Waals surface area contributed by atoms with Crippen molar-refractivity contribution in [1.82, 2.24) is 10.3 Å². The first kappa shape index (κ1) is 11.1. The van der Waals surface area contributed by atoms with Crippen LogP contribution in [0.4, 0.5) is 5.13 Å². The quantitative estimate of drug-likeness (QED) is 0.599. The van der Waals surface area contributed by atoms with Crippen molar-refractivity contribution in [3.05, 3.63) is 10.6 Å². The fraction of sp³-hybridized carbons (Fsp3) is 0.455. The summed E-state index contributed by atoms with van der Waals surface area (Å²) in [6.45, 7) is 0.635. The van der Waals surface area contributed by atoms with Gasteiger partial charge in [0.2, 0.25) is 5.91 Å². The predicted octanol–water partition coefficient (Wildman–Crippen LogP) is 0.793. The molecule has 4 nitrogen and oxygen atoms in total. The number of rotatable bonds is 4. The molecule has 16 heavy (non-hydrogen) atoms. The van der Waals surface area contributed by atoms with Crippen LogP contribution in [-0.2, 0) is 17.6 Å². The lowest BCUT2D eigenvalue weighted by Crippen LogP contribution is -2.28. The van der Waals surface area contributed by atoms with Crippen molar-refractivity contribution in [2.75, 3.05) is 18.4 Å². The van der Waals surface area contributed by atoms with Crippen LogP contribution in [0.1, 0.15) is 17.0 Å². The molecule has 0 saturated carbocycles. The highest BCUT2D eigenvalue weighted by atomic mass is 32.1. The SMILES string of the molecule is C#CCNCC(=O)Nc1nc2c(s1)CCC2. The highest BCUT2D eigenvalue weighted by Gasteiger charge is 2.17. The molecule has 1 heterocycles. The molecule has 1 aliphatic rings. The van der Waals surface area contributed by atoms with Gasteiger partial charge in [-0.2, -0.15) is 0 Å². The summed E-state index contributed by atoms with van der Waals surface area (Å²) < 4.78 is 0. The Labute approximate surface area is 98.5 Å². The van der Waals surface area contributed by atoms with Gasteiger partial charge in [-0.1, -0.05) is 5.92 Å². The van der Waals surface area contributed by atoms with E-state index in [9.17, 15) is 4.79 Å². The summed E-state index contributed by atoms with van der Waals surface area (Å²) in [5.41, 5.74) is 1.15. The first-order valence-electron chi connectivity index (χ1n) is 5.22. The van der Waals surface area contributed by atoms with Crippen molar-refractivity contribution >= 4 is 22.4 Å². The number of nitrogens with one attached hydrogen (secondary N) is 2. The third-order valence-corrected chi connectivity index (χ3v) is 3.43. The number of carbonyl (C=O) groups is 1. The number of fused-ring (bicyclic) bond motifs is 1. The topological polar surface area (TPSA) is 54.0 Å². The Hall–Kier alpha value is -1.38. The van der Waals surface area contributed by atoms with Gasteiger partial charge in [-0.15, -0.1) is 17.8 Å². The second-order valence-electron chi connectivity index (χ2n) is 3.60. The fourth-order valence-electron chi connectivity index (χ4n) is 1.66. The minimum atomic E-state index is -0.0947. The zero-order valence-electron chi connectivity index (χ0n) is 8.88. The fourth-order valence-corrected chi connectivity index (χ4v) is 2.72. The van der Waals surface area contributed by atoms with Gasteiger partial charge in [-0.05, 0) is 19.3 Å². The van der Waals surface area contributed by atoms with Crippen LogP contribution in [0.5, 0.6) is 0 Å². The van der Waals surface area contributed by atoms with Crippen molar-refractivity contribution in [3.8, 4) is 12.3 Å². The van der Waals surface area contributed by atoms with Gasteiger partial charge in [0, 0.05) is 4.88 Å². The number of aryl methyl sites for hydroxylation is 2. The molecular formula is C11H13N3OS. The summed E-state index contributed by atoms with van der Waals surface area (Å²) in [5.74, 6) is 2.32. The van der Waals surface area contributed by atoms with E-state index in [0.29, 0.717) is 11.7 Å². The molecule has 84 valence electrons. The van der Waals surface area contributed by atoms with Crippen molar-refractivity contribution in [2.45, 2.75) is 19.3 Å². The molecular weight excluding hydrogens is 222 g/mol.